The maximum Gasteiger partial charge on any atom is 0.264 e. The van der Waals surface area contributed by atoms with Gasteiger partial charge in [-0.05, 0) is 16.7 Å². The molecule has 1 N–H and O–H groups in total. The van der Waals surface area contributed by atoms with E-state index in [1.54, 1.807) is 0 Å². The van der Waals surface area contributed by atoms with E-state index in [0.717, 1.165) is 29.2 Å². The van der Waals surface area contributed by atoms with Crippen molar-refractivity contribution in [2.24, 2.45) is 0 Å². The van der Waals surface area contributed by atoms with Crippen molar-refractivity contribution in [3.8, 4) is 0 Å². The van der Waals surface area contributed by atoms with Crippen LogP contribution in [0.4, 0.5) is 0 Å². The van der Waals surface area contributed by atoms with Crippen LogP contribution in [0.25, 0.3) is 0 Å². The second-order valence-corrected chi connectivity index (χ2v) is 11.9. The van der Waals surface area contributed by atoms with Crippen LogP contribution in [-0.4, -0.2) is 65.7 Å². The van der Waals surface area contributed by atoms with Crippen molar-refractivity contribution in [1.82, 2.24) is 0 Å². The molecule has 3 aromatic carbocycles. The molecule has 0 radical (unpaired) electrons. The highest BCUT2D eigenvalue weighted by Gasteiger charge is 2.50. The average Bonchev–Trinajstić information content (AvgIpc) is 3.13. The number of benzene rings is 3. The van der Waals surface area contributed by atoms with E-state index >= 15 is 0 Å². The molecule has 0 aromatic heterocycles. The maximum absolute atomic E-state index is 12.0. The number of ether oxygens (including phenoxy) is 2. The first-order valence-electron chi connectivity index (χ1n) is 11.4. The molecule has 0 amide bonds. The Morgan fingerprint density at radius 2 is 1.08 bits per heavy atom. The van der Waals surface area contributed by atoms with Crippen molar-refractivity contribution >= 4 is 20.2 Å². The van der Waals surface area contributed by atoms with E-state index in [1.807, 2.05) is 91.0 Å². The van der Waals surface area contributed by atoms with Crippen LogP contribution in [0.3, 0.4) is 0 Å². The van der Waals surface area contributed by atoms with Crippen LogP contribution in [-0.2, 0) is 43.7 Å². The highest BCUT2D eigenvalue weighted by Crippen LogP contribution is 2.41. The highest BCUT2D eigenvalue weighted by atomic mass is 32.2. The van der Waals surface area contributed by atoms with Gasteiger partial charge in [-0.3, -0.25) is 8.37 Å². The minimum atomic E-state index is -4.08. The lowest BCUT2D eigenvalue weighted by Gasteiger charge is -2.37. The molecule has 1 unspecified atom stereocenters. The zero-order valence-corrected chi connectivity index (χ0v) is 21.8. The van der Waals surface area contributed by atoms with Gasteiger partial charge in [-0.15, -0.1) is 0 Å². The van der Waals surface area contributed by atoms with Gasteiger partial charge in [0, 0.05) is 0 Å². The minimum absolute atomic E-state index is 0.278. The van der Waals surface area contributed by atoms with Crippen molar-refractivity contribution < 1.29 is 39.8 Å². The van der Waals surface area contributed by atoms with Crippen molar-refractivity contribution in [3.63, 3.8) is 0 Å². The van der Waals surface area contributed by atoms with Gasteiger partial charge in [-0.2, -0.15) is 16.8 Å². The van der Waals surface area contributed by atoms with Gasteiger partial charge in [-0.25, -0.2) is 0 Å². The molecule has 0 bridgehead atoms. The van der Waals surface area contributed by atoms with E-state index in [4.69, 9.17) is 17.8 Å². The van der Waals surface area contributed by atoms with Gasteiger partial charge in [-0.1, -0.05) is 91.0 Å². The zero-order valence-electron chi connectivity index (χ0n) is 20.2. The number of aliphatic hydroxyl groups is 1. The summed E-state index contributed by atoms with van der Waals surface area (Å²) in [6.07, 6.45) is -4.46. The van der Waals surface area contributed by atoms with Crippen molar-refractivity contribution in [1.29, 1.82) is 0 Å². The number of aliphatic hydroxyl groups excluding tert-OH is 1. The predicted molar refractivity (Wildman–Crippen MR) is 135 cm³/mol. The third-order valence-corrected chi connectivity index (χ3v) is 7.01. The SMILES string of the molecule is CS(=O)(=O)O[C@H]1[C@@H](COC(c2ccccc2)(c2ccccc2)c2ccccc2)OC(O)[C@@H]1OS(C)(=O)=O. The fraction of sp³-hybridized carbons (Fsp3) is 0.308. The monoisotopic (exact) mass is 548 g/mol. The second-order valence-electron chi connectivity index (χ2n) is 8.69. The lowest BCUT2D eigenvalue weighted by atomic mass is 9.80. The summed E-state index contributed by atoms with van der Waals surface area (Å²) in [5, 5.41) is 10.4. The van der Waals surface area contributed by atoms with Gasteiger partial charge < -0.3 is 14.6 Å². The quantitative estimate of drug-likeness (QED) is 0.300. The summed E-state index contributed by atoms with van der Waals surface area (Å²) < 4.78 is 69.9. The third kappa shape index (κ3) is 6.44. The summed E-state index contributed by atoms with van der Waals surface area (Å²) in [7, 11) is -8.16. The second kappa shape index (κ2) is 11.0. The first kappa shape index (κ1) is 27.4. The molecule has 11 heteroatoms. The Balaban J connectivity index is 1.78. The zero-order chi connectivity index (χ0) is 26.7. The minimum Gasteiger partial charge on any atom is -0.366 e. The van der Waals surface area contributed by atoms with Crippen molar-refractivity contribution in [2.45, 2.75) is 30.2 Å². The van der Waals surface area contributed by atoms with Crippen LogP contribution in [0.1, 0.15) is 16.7 Å². The summed E-state index contributed by atoms with van der Waals surface area (Å²) in [6.45, 7) is -0.278. The molecule has 1 saturated heterocycles. The molecule has 1 heterocycles. The summed E-state index contributed by atoms with van der Waals surface area (Å²) in [4.78, 5) is 0. The average molecular weight is 549 g/mol. The number of hydrogen-bond donors (Lipinski definition) is 1. The van der Waals surface area contributed by atoms with E-state index in [1.165, 1.54) is 0 Å². The summed E-state index contributed by atoms with van der Waals surface area (Å²) >= 11 is 0. The smallest absolute Gasteiger partial charge is 0.264 e. The standard InChI is InChI=1S/C26H28O9S2/c1-36(28,29)34-23-22(33-25(27)24(23)35-37(2,30)31)18-32-26(19-12-6-3-7-13-19,20-14-8-4-9-15-20)21-16-10-5-11-17-21/h3-17,22-25,27H,18H2,1-2H3/t22-,23+,24-,25?/m1/s1. The topological polar surface area (TPSA) is 125 Å². The van der Waals surface area contributed by atoms with Crippen molar-refractivity contribution in [2.75, 3.05) is 19.1 Å². The molecule has 0 aliphatic carbocycles. The Morgan fingerprint density at radius 3 is 1.46 bits per heavy atom. The third-order valence-electron chi connectivity index (χ3n) is 5.86. The van der Waals surface area contributed by atoms with Crippen molar-refractivity contribution in [3.05, 3.63) is 108 Å². The molecule has 0 saturated carbocycles. The Kier molecular flexibility index (Phi) is 8.14. The molecule has 1 aliphatic heterocycles. The first-order chi connectivity index (χ1) is 17.5. The molecule has 0 spiro atoms. The van der Waals surface area contributed by atoms with Crippen LogP contribution < -0.4 is 0 Å². The van der Waals surface area contributed by atoms with Gasteiger partial charge in [0.05, 0.1) is 19.1 Å². The Bertz CT molecular complexity index is 1280. The molecule has 4 atom stereocenters. The molecular formula is C26H28O9S2. The normalized spacial score (nSPS) is 22.7. The van der Waals surface area contributed by atoms with Crippen LogP contribution in [0.5, 0.6) is 0 Å². The summed E-state index contributed by atoms with van der Waals surface area (Å²) in [5.74, 6) is 0. The number of rotatable bonds is 10. The fourth-order valence-electron chi connectivity index (χ4n) is 4.44. The van der Waals surface area contributed by atoms with Crippen LogP contribution in [0.15, 0.2) is 91.0 Å². The van der Waals surface area contributed by atoms with Gasteiger partial charge in [0.1, 0.15) is 17.8 Å². The van der Waals surface area contributed by atoms with Crippen LogP contribution in [0.2, 0.25) is 0 Å². The van der Waals surface area contributed by atoms with E-state index in [-0.39, 0.29) is 6.61 Å². The lowest BCUT2D eigenvalue weighted by molar-refractivity contribution is -0.141. The van der Waals surface area contributed by atoms with Gasteiger partial charge >= 0.3 is 0 Å². The summed E-state index contributed by atoms with van der Waals surface area (Å²) in [6, 6.07) is 28.3. The van der Waals surface area contributed by atoms with E-state index < -0.39 is 50.4 Å². The predicted octanol–water partition coefficient (Wildman–Crippen LogP) is 2.40. The van der Waals surface area contributed by atoms with Gasteiger partial charge in [0.15, 0.2) is 12.4 Å². The molecule has 9 nitrogen and oxygen atoms in total. The van der Waals surface area contributed by atoms with E-state index in [9.17, 15) is 21.9 Å². The maximum atomic E-state index is 12.0. The number of hydrogen-bond acceptors (Lipinski definition) is 9. The summed E-state index contributed by atoms with van der Waals surface area (Å²) in [5.41, 5.74) is 1.20. The fourth-order valence-corrected chi connectivity index (χ4v) is 5.69. The van der Waals surface area contributed by atoms with E-state index in [0.29, 0.717) is 0 Å². The Labute approximate surface area is 216 Å². The van der Waals surface area contributed by atoms with Gasteiger partial charge in [0.25, 0.3) is 20.2 Å². The first-order valence-corrected chi connectivity index (χ1v) is 15.0. The lowest BCUT2D eigenvalue weighted by Crippen LogP contribution is -2.43. The highest BCUT2D eigenvalue weighted by molar-refractivity contribution is 7.86. The van der Waals surface area contributed by atoms with E-state index in [2.05, 4.69) is 0 Å². The Hall–Kier alpha value is -2.64. The molecule has 37 heavy (non-hydrogen) atoms. The molecular weight excluding hydrogens is 520 g/mol. The molecule has 4 rings (SSSR count). The molecule has 1 aliphatic rings. The van der Waals surface area contributed by atoms with Crippen LogP contribution >= 0.6 is 0 Å². The Morgan fingerprint density at radius 1 is 0.703 bits per heavy atom. The molecule has 3 aromatic rings. The molecule has 198 valence electrons. The van der Waals surface area contributed by atoms with Gasteiger partial charge in [0.2, 0.25) is 0 Å². The molecule has 1 fully saturated rings. The largest absolute Gasteiger partial charge is 0.366 e. The van der Waals surface area contributed by atoms with Crippen LogP contribution in [0, 0.1) is 0 Å².